The Kier molecular flexibility index (Phi) is 4.95. The van der Waals surface area contributed by atoms with E-state index in [0.717, 1.165) is 0 Å². The Labute approximate surface area is 90.3 Å². The first-order valence-corrected chi connectivity index (χ1v) is 5.03. The normalized spacial score (nSPS) is 41.8. The Morgan fingerprint density at radius 1 is 1.13 bits per heavy atom. The summed E-state index contributed by atoms with van der Waals surface area (Å²) in [7, 11) is 4.71. The van der Waals surface area contributed by atoms with Gasteiger partial charge in [0.25, 0.3) is 0 Å². The summed E-state index contributed by atoms with van der Waals surface area (Å²) in [6.45, 7) is 2.25. The predicted molar refractivity (Wildman–Crippen MR) is 53.8 cm³/mol. The van der Waals surface area contributed by atoms with Gasteiger partial charge in [0.2, 0.25) is 0 Å². The van der Waals surface area contributed by atoms with Crippen LogP contribution in [0, 0.1) is 0 Å². The second-order valence-electron chi connectivity index (χ2n) is 3.73. The maximum absolute atomic E-state index is 9.97. The fourth-order valence-electron chi connectivity index (χ4n) is 2.01. The second kappa shape index (κ2) is 5.77. The van der Waals surface area contributed by atoms with Crippen LogP contribution in [-0.4, -0.2) is 63.6 Å². The zero-order valence-corrected chi connectivity index (χ0v) is 9.67. The van der Waals surface area contributed by atoms with E-state index in [1.54, 1.807) is 21.3 Å². The highest BCUT2D eigenvalue weighted by Gasteiger charge is 2.43. The van der Waals surface area contributed by atoms with E-state index in [0.29, 0.717) is 6.61 Å². The van der Waals surface area contributed by atoms with Gasteiger partial charge < -0.3 is 24.1 Å². The van der Waals surface area contributed by atoms with Crippen LogP contribution in [0.1, 0.15) is 6.92 Å². The van der Waals surface area contributed by atoms with E-state index in [1.165, 1.54) is 0 Å². The maximum Gasteiger partial charge on any atom is 0.114 e. The Morgan fingerprint density at radius 2 is 1.73 bits per heavy atom. The molecule has 5 nitrogen and oxygen atoms in total. The lowest BCUT2D eigenvalue weighted by Gasteiger charge is -2.42. The first-order valence-electron chi connectivity index (χ1n) is 5.03. The molecule has 1 N–H and O–H groups in total. The van der Waals surface area contributed by atoms with Crippen molar-refractivity contribution in [2.24, 2.45) is 0 Å². The van der Waals surface area contributed by atoms with Crippen LogP contribution < -0.4 is 0 Å². The van der Waals surface area contributed by atoms with Gasteiger partial charge in [-0.15, -0.1) is 0 Å². The van der Waals surface area contributed by atoms with Crippen molar-refractivity contribution in [2.45, 2.75) is 37.4 Å². The van der Waals surface area contributed by atoms with Crippen LogP contribution in [0.3, 0.4) is 0 Å². The average molecular weight is 220 g/mol. The fourth-order valence-corrected chi connectivity index (χ4v) is 2.01. The molecule has 15 heavy (non-hydrogen) atoms. The van der Waals surface area contributed by atoms with Crippen molar-refractivity contribution >= 4 is 0 Å². The van der Waals surface area contributed by atoms with Crippen molar-refractivity contribution in [1.82, 2.24) is 0 Å². The minimum absolute atomic E-state index is 0.122. The van der Waals surface area contributed by atoms with Gasteiger partial charge in [-0.1, -0.05) is 0 Å². The van der Waals surface area contributed by atoms with Crippen LogP contribution in [0.5, 0.6) is 0 Å². The second-order valence-corrected chi connectivity index (χ2v) is 3.73. The zero-order valence-electron chi connectivity index (χ0n) is 9.67. The molecule has 0 radical (unpaired) electrons. The van der Waals surface area contributed by atoms with E-state index in [-0.39, 0.29) is 24.4 Å². The van der Waals surface area contributed by atoms with Crippen molar-refractivity contribution in [1.29, 1.82) is 0 Å². The minimum atomic E-state index is -0.726. The Bertz CT molecular complexity index is 187. The number of aliphatic hydroxyl groups is 1. The van der Waals surface area contributed by atoms with Crippen molar-refractivity contribution in [2.75, 3.05) is 27.9 Å². The van der Waals surface area contributed by atoms with E-state index in [9.17, 15) is 5.11 Å². The van der Waals surface area contributed by atoms with Crippen LogP contribution in [0.4, 0.5) is 0 Å². The van der Waals surface area contributed by atoms with Gasteiger partial charge in [0.15, 0.2) is 0 Å². The number of hydrogen-bond acceptors (Lipinski definition) is 5. The van der Waals surface area contributed by atoms with Gasteiger partial charge in [0.1, 0.15) is 24.4 Å². The lowest BCUT2D eigenvalue weighted by molar-refractivity contribution is -0.239. The highest BCUT2D eigenvalue weighted by molar-refractivity contribution is 4.92. The number of aliphatic hydroxyl groups excluding tert-OH is 1. The molecule has 5 atom stereocenters. The lowest BCUT2D eigenvalue weighted by Crippen LogP contribution is -2.59. The summed E-state index contributed by atoms with van der Waals surface area (Å²) in [5, 5.41) is 9.97. The number of ether oxygens (including phenoxy) is 4. The number of methoxy groups -OCH3 is 3. The molecule has 1 aliphatic rings. The SMILES string of the molecule is COC[C@@H]1O[C@@H](C)[C@H](OC)[C@H](OC)[C@H]1O. The molecule has 90 valence electrons. The van der Waals surface area contributed by atoms with Gasteiger partial charge in [0.05, 0.1) is 12.7 Å². The maximum atomic E-state index is 9.97. The van der Waals surface area contributed by atoms with Gasteiger partial charge in [-0.2, -0.15) is 0 Å². The summed E-state index contributed by atoms with van der Waals surface area (Å²) in [4.78, 5) is 0. The average Bonchev–Trinajstić information content (AvgIpc) is 2.22. The van der Waals surface area contributed by atoms with Gasteiger partial charge in [0, 0.05) is 21.3 Å². The van der Waals surface area contributed by atoms with E-state index in [2.05, 4.69) is 0 Å². The molecule has 0 aromatic rings. The first-order chi connectivity index (χ1) is 7.15. The largest absolute Gasteiger partial charge is 0.387 e. The molecule has 0 aliphatic carbocycles. The molecule has 1 heterocycles. The smallest absolute Gasteiger partial charge is 0.114 e. The van der Waals surface area contributed by atoms with E-state index in [1.807, 2.05) is 6.92 Å². The van der Waals surface area contributed by atoms with Gasteiger partial charge in [-0.3, -0.25) is 0 Å². The van der Waals surface area contributed by atoms with Crippen molar-refractivity contribution in [3.8, 4) is 0 Å². The Balaban J connectivity index is 2.70. The van der Waals surface area contributed by atoms with Crippen molar-refractivity contribution < 1.29 is 24.1 Å². The van der Waals surface area contributed by atoms with Crippen LogP contribution in [0.15, 0.2) is 0 Å². The minimum Gasteiger partial charge on any atom is -0.387 e. The molecule has 0 amide bonds. The quantitative estimate of drug-likeness (QED) is 0.711. The molecular weight excluding hydrogens is 200 g/mol. The third-order valence-electron chi connectivity index (χ3n) is 2.77. The molecule has 0 spiro atoms. The fraction of sp³-hybridized carbons (Fsp3) is 1.00. The monoisotopic (exact) mass is 220 g/mol. The van der Waals surface area contributed by atoms with Crippen LogP contribution in [-0.2, 0) is 18.9 Å². The summed E-state index contributed by atoms with van der Waals surface area (Å²) >= 11 is 0. The van der Waals surface area contributed by atoms with Crippen molar-refractivity contribution in [3.63, 3.8) is 0 Å². The van der Waals surface area contributed by atoms with E-state index >= 15 is 0 Å². The molecule has 0 unspecified atom stereocenters. The molecule has 1 aliphatic heterocycles. The van der Waals surface area contributed by atoms with E-state index in [4.69, 9.17) is 18.9 Å². The highest BCUT2D eigenvalue weighted by atomic mass is 16.6. The topological polar surface area (TPSA) is 57.2 Å². The molecule has 0 aromatic carbocycles. The molecule has 1 saturated heterocycles. The number of rotatable bonds is 4. The molecule has 0 bridgehead atoms. The summed E-state index contributed by atoms with van der Waals surface area (Å²) < 4.78 is 21.1. The van der Waals surface area contributed by atoms with Gasteiger partial charge >= 0.3 is 0 Å². The van der Waals surface area contributed by atoms with Gasteiger partial charge in [-0.25, -0.2) is 0 Å². The molecule has 1 fully saturated rings. The summed E-state index contributed by atoms with van der Waals surface area (Å²) in [5.74, 6) is 0. The van der Waals surface area contributed by atoms with Crippen molar-refractivity contribution in [3.05, 3.63) is 0 Å². The number of hydrogen-bond donors (Lipinski definition) is 1. The third kappa shape index (κ3) is 2.68. The summed E-state index contributed by atoms with van der Waals surface area (Å²) in [5.41, 5.74) is 0. The zero-order chi connectivity index (χ0) is 11.4. The lowest BCUT2D eigenvalue weighted by atomic mass is 9.95. The third-order valence-corrected chi connectivity index (χ3v) is 2.77. The highest BCUT2D eigenvalue weighted by Crippen LogP contribution is 2.24. The molecule has 0 aromatic heterocycles. The Morgan fingerprint density at radius 3 is 2.20 bits per heavy atom. The van der Waals surface area contributed by atoms with Crippen LogP contribution in [0.25, 0.3) is 0 Å². The first kappa shape index (κ1) is 12.9. The predicted octanol–water partition coefficient (Wildman–Crippen LogP) is -0.189. The molecule has 5 heteroatoms. The van der Waals surface area contributed by atoms with Crippen LogP contribution >= 0.6 is 0 Å². The summed E-state index contributed by atoms with van der Waals surface area (Å²) in [6, 6.07) is 0. The molecule has 1 rings (SSSR count). The Hall–Kier alpha value is -0.200. The molecular formula is C10H20O5. The summed E-state index contributed by atoms with van der Waals surface area (Å²) in [6.07, 6.45) is -1.84. The van der Waals surface area contributed by atoms with Gasteiger partial charge in [-0.05, 0) is 6.92 Å². The van der Waals surface area contributed by atoms with Crippen LogP contribution in [0.2, 0.25) is 0 Å². The van der Waals surface area contributed by atoms with E-state index < -0.39 is 6.10 Å². The molecule has 0 saturated carbocycles. The standard InChI is InChI=1S/C10H20O5/c1-6-9(13-3)10(14-4)8(11)7(15-6)5-12-2/h6-11H,5H2,1-4H3/t6-,7-,8-,9-,10+/m0/s1.